The maximum Gasteiger partial charge on any atom is 0.271 e. The molecular formula is C26H25N3O6S. The molecule has 3 aliphatic rings. The fraction of sp³-hybridized carbons (Fsp3) is 0.308. The Bertz CT molecular complexity index is 1570. The van der Waals surface area contributed by atoms with E-state index >= 15 is 0 Å². The number of nitrogens with two attached hydrogens (primary N) is 1. The Balaban J connectivity index is 1.50. The summed E-state index contributed by atoms with van der Waals surface area (Å²) in [6.07, 6.45) is 3.32. The number of aromatic nitrogens is 1. The first-order valence-corrected chi connectivity index (χ1v) is 13.6. The molecule has 0 bridgehead atoms. The molecule has 1 aromatic heterocycles. The number of hydrogen-bond donors (Lipinski definition) is 4. The molecule has 1 amide bonds. The second kappa shape index (κ2) is 7.21. The van der Waals surface area contributed by atoms with Gasteiger partial charge in [-0.05, 0) is 54.5 Å². The quantitative estimate of drug-likeness (QED) is 0.387. The number of rotatable bonds is 5. The van der Waals surface area contributed by atoms with E-state index in [-0.39, 0.29) is 33.5 Å². The lowest BCUT2D eigenvalue weighted by atomic mass is 9.81. The van der Waals surface area contributed by atoms with Crippen molar-refractivity contribution in [3.8, 4) is 5.75 Å². The highest BCUT2D eigenvalue weighted by Gasteiger charge is 2.72. The predicted molar refractivity (Wildman–Crippen MR) is 130 cm³/mol. The minimum absolute atomic E-state index is 0.0738. The number of carbonyl (C=O) groups is 2. The minimum atomic E-state index is -3.59. The SMILES string of the molecule is CC(c1ccc2c(c1)OC1(O)c3cccc(N)c3C(=O)C21NC(=O)c1ccc(S(C)(=O)=O)[nH]1)C1CC1. The lowest BCUT2D eigenvalue weighted by Gasteiger charge is -2.34. The molecule has 1 aliphatic heterocycles. The third-order valence-electron chi connectivity index (χ3n) is 7.66. The molecule has 186 valence electrons. The fourth-order valence-electron chi connectivity index (χ4n) is 5.50. The minimum Gasteiger partial charge on any atom is -0.454 e. The number of nitrogens with one attached hydrogen (secondary N) is 2. The first-order valence-electron chi connectivity index (χ1n) is 11.7. The van der Waals surface area contributed by atoms with Gasteiger partial charge in [-0.15, -0.1) is 0 Å². The number of benzene rings is 2. The molecule has 0 saturated heterocycles. The summed E-state index contributed by atoms with van der Waals surface area (Å²) in [7, 11) is -3.59. The Morgan fingerprint density at radius 1 is 1.19 bits per heavy atom. The number of aliphatic hydroxyl groups is 1. The Kier molecular flexibility index (Phi) is 4.57. The molecule has 6 rings (SSSR count). The second-order valence-electron chi connectivity index (χ2n) is 9.94. The standard InChI is InChI=1S/C26H25N3O6S/c1-13(14-6-7-14)15-8-9-16-20(12-15)35-26(32)17-4-3-5-18(27)22(17)23(30)25(16,26)29-24(31)19-10-11-21(28-19)36(2,33)34/h3-5,8-14,28,32H,6-7,27H2,1-2H3,(H,29,31). The average Bonchev–Trinajstić information content (AvgIpc) is 3.43. The van der Waals surface area contributed by atoms with E-state index in [4.69, 9.17) is 10.5 Å². The number of ketones is 1. The van der Waals surface area contributed by atoms with E-state index < -0.39 is 32.9 Å². The molecule has 0 radical (unpaired) electrons. The number of fused-ring (bicyclic) bond motifs is 5. The molecule has 2 aliphatic carbocycles. The van der Waals surface area contributed by atoms with Gasteiger partial charge in [-0.3, -0.25) is 9.59 Å². The van der Waals surface area contributed by atoms with E-state index in [2.05, 4.69) is 17.2 Å². The number of hydrogen-bond acceptors (Lipinski definition) is 7. The summed E-state index contributed by atoms with van der Waals surface area (Å²) in [5, 5.41) is 14.6. The number of carbonyl (C=O) groups excluding carboxylic acids is 2. The van der Waals surface area contributed by atoms with Crippen molar-refractivity contribution >= 4 is 27.2 Å². The largest absolute Gasteiger partial charge is 0.454 e. The lowest BCUT2D eigenvalue weighted by molar-refractivity contribution is -0.169. The predicted octanol–water partition coefficient (Wildman–Crippen LogP) is 2.57. The van der Waals surface area contributed by atoms with E-state index in [1.165, 1.54) is 12.1 Å². The van der Waals surface area contributed by atoms with E-state index in [1.807, 2.05) is 12.1 Å². The summed E-state index contributed by atoms with van der Waals surface area (Å²) < 4.78 is 29.9. The van der Waals surface area contributed by atoms with Crippen LogP contribution >= 0.6 is 0 Å². The molecule has 9 nitrogen and oxygen atoms in total. The molecule has 5 N–H and O–H groups in total. The van der Waals surface area contributed by atoms with Gasteiger partial charge in [0.25, 0.3) is 11.7 Å². The van der Waals surface area contributed by atoms with Crippen LogP contribution in [0.2, 0.25) is 0 Å². The van der Waals surface area contributed by atoms with Crippen LogP contribution in [0.5, 0.6) is 5.75 Å². The number of sulfone groups is 1. The fourth-order valence-corrected chi connectivity index (χ4v) is 6.11. The zero-order chi connectivity index (χ0) is 25.6. The van der Waals surface area contributed by atoms with Crippen molar-refractivity contribution < 1.29 is 27.9 Å². The normalized spacial score (nSPS) is 25.0. The van der Waals surface area contributed by atoms with Crippen LogP contribution in [0.15, 0.2) is 53.6 Å². The Morgan fingerprint density at radius 2 is 1.94 bits per heavy atom. The van der Waals surface area contributed by atoms with Gasteiger partial charge < -0.3 is 25.9 Å². The first-order chi connectivity index (χ1) is 17.0. The summed E-state index contributed by atoms with van der Waals surface area (Å²) in [5.74, 6) is -2.47. The molecule has 3 unspecified atom stereocenters. The highest BCUT2D eigenvalue weighted by atomic mass is 32.2. The summed E-state index contributed by atoms with van der Waals surface area (Å²) in [5.41, 5.74) is 5.73. The van der Waals surface area contributed by atoms with Crippen LogP contribution in [0, 0.1) is 5.92 Å². The highest BCUT2D eigenvalue weighted by molar-refractivity contribution is 7.90. The van der Waals surface area contributed by atoms with Crippen LogP contribution in [-0.2, 0) is 21.2 Å². The van der Waals surface area contributed by atoms with Crippen molar-refractivity contribution in [1.82, 2.24) is 10.3 Å². The molecule has 36 heavy (non-hydrogen) atoms. The van der Waals surface area contributed by atoms with Crippen molar-refractivity contribution in [2.45, 2.75) is 42.0 Å². The van der Waals surface area contributed by atoms with Gasteiger partial charge in [-0.2, -0.15) is 0 Å². The van der Waals surface area contributed by atoms with Crippen LogP contribution < -0.4 is 15.8 Å². The van der Waals surface area contributed by atoms with Crippen LogP contribution in [0.1, 0.15) is 63.2 Å². The second-order valence-corrected chi connectivity index (χ2v) is 11.9. The van der Waals surface area contributed by atoms with Crippen molar-refractivity contribution in [3.05, 3.63) is 76.5 Å². The maximum absolute atomic E-state index is 14.0. The number of amides is 1. The summed E-state index contributed by atoms with van der Waals surface area (Å²) in [6, 6.07) is 12.7. The van der Waals surface area contributed by atoms with Crippen LogP contribution in [-0.4, -0.2) is 36.5 Å². The van der Waals surface area contributed by atoms with Crippen molar-refractivity contribution in [2.24, 2.45) is 5.92 Å². The summed E-state index contributed by atoms with van der Waals surface area (Å²) in [6.45, 7) is 2.13. The number of H-pyrrole nitrogens is 1. The van der Waals surface area contributed by atoms with Gasteiger partial charge in [0.15, 0.2) is 9.84 Å². The summed E-state index contributed by atoms with van der Waals surface area (Å²) >= 11 is 0. The topological polar surface area (TPSA) is 152 Å². The number of aromatic amines is 1. The smallest absolute Gasteiger partial charge is 0.271 e. The van der Waals surface area contributed by atoms with E-state index in [0.717, 1.165) is 24.7 Å². The van der Waals surface area contributed by atoms with Crippen LogP contribution in [0.3, 0.4) is 0 Å². The third-order valence-corrected chi connectivity index (χ3v) is 8.70. The highest BCUT2D eigenvalue weighted by Crippen LogP contribution is 2.59. The van der Waals surface area contributed by atoms with Crippen molar-refractivity contribution in [2.75, 3.05) is 12.0 Å². The zero-order valence-corrected chi connectivity index (χ0v) is 20.5. The molecule has 10 heteroatoms. The molecule has 3 aromatic rings. The van der Waals surface area contributed by atoms with E-state index in [0.29, 0.717) is 17.2 Å². The maximum atomic E-state index is 14.0. The van der Waals surface area contributed by atoms with Gasteiger partial charge in [-0.25, -0.2) is 8.42 Å². The number of Topliss-reactive ketones (excluding diaryl/α,β-unsaturated/α-hetero) is 1. The monoisotopic (exact) mass is 507 g/mol. The Hall–Kier alpha value is -3.63. The summed E-state index contributed by atoms with van der Waals surface area (Å²) in [4.78, 5) is 30.0. The molecular weight excluding hydrogens is 482 g/mol. The van der Waals surface area contributed by atoms with Crippen LogP contribution in [0.25, 0.3) is 0 Å². The number of anilines is 1. The molecule has 1 fully saturated rings. The van der Waals surface area contributed by atoms with E-state index in [9.17, 15) is 23.1 Å². The van der Waals surface area contributed by atoms with Crippen LogP contribution in [0.4, 0.5) is 5.69 Å². The van der Waals surface area contributed by atoms with Gasteiger partial charge in [0.2, 0.25) is 11.3 Å². The van der Waals surface area contributed by atoms with Crippen molar-refractivity contribution in [3.63, 3.8) is 0 Å². The van der Waals surface area contributed by atoms with Gasteiger partial charge >= 0.3 is 0 Å². The zero-order valence-electron chi connectivity index (χ0n) is 19.7. The van der Waals surface area contributed by atoms with Gasteiger partial charge in [0.05, 0.1) is 5.56 Å². The average molecular weight is 508 g/mol. The third kappa shape index (κ3) is 2.94. The molecule has 2 aromatic carbocycles. The Morgan fingerprint density at radius 3 is 2.61 bits per heavy atom. The number of nitrogen functional groups attached to an aromatic ring is 1. The lowest BCUT2D eigenvalue weighted by Crippen LogP contribution is -2.60. The molecule has 3 atom stereocenters. The van der Waals surface area contributed by atoms with Gasteiger partial charge in [0.1, 0.15) is 16.5 Å². The van der Waals surface area contributed by atoms with Gasteiger partial charge in [0, 0.05) is 23.1 Å². The number of ether oxygens (including phenoxy) is 1. The molecule has 2 heterocycles. The first kappa shape index (κ1) is 22.8. The van der Waals surface area contributed by atoms with Gasteiger partial charge in [-0.1, -0.05) is 31.2 Å². The van der Waals surface area contributed by atoms with Crippen molar-refractivity contribution in [1.29, 1.82) is 0 Å². The Labute approximate surface area is 207 Å². The van der Waals surface area contributed by atoms with E-state index in [1.54, 1.807) is 24.3 Å². The molecule has 1 saturated carbocycles. The molecule has 0 spiro atoms.